The van der Waals surface area contributed by atoms with Crippen LogP contribution in [0.3, 0.4) is 0 Å². The molecule has 0 aliphatic heterocycles. The first-order valence-corrected chi connectivity index (χ1v) is 9.10. The Labute approximate surface area is 154 Å². The lowest BCUT2D eigenvalue weighted by Gasteiger charge is -2.07. The van der Waals surface area contributed by atoms with Crippen molar-refractivity contribution in [1.82, 2.24) is 19.1 Å². The molecule has 132 valence electrons. The number of benzene rings is 2. The van der Waals surface area contributed by atoms with Gasteiger partial charge < -0.3 is 14.2 Å². The molecule has 7 heteroatoms. The second kappa shape index (κ2) is 6.84. The largest absolute Gasteiger partial charge is 0.508 e. The highest BCUT2D eigenvalue weighted by Gasteiger charge is 2.15. The number of aromatic hydroxyl groups is 1. The molecule has 0 saturated carbocycles. The van der Waals surface area contributed by atoms with E-state index in [1.54, 1.807) is 42.5 Å². The molecule has 0 saturated heterocycles. The van der Waals surface area contributed by atoms with Crippen LogP contribution in [0, 0.1) is 5.82 Å². The van der Waals surface area contributed by atoms with Gasteiger partial charge in [0, 0.05) is 29.9 Å². The molecule has 26 heavy (non-hydrogen) atoms. The third kappa shape index (κ3) is 3.17. The average molecular weight is 368 g/mol. The van der Waals surface area contributed by atoms with Crippen molar-refractivity contribution in [3.63, 3.8) is 0 Å². The van der Waals surface area contributed by atoms with E-state index < -0.39 is 0 Å². The molecule has 5 nitrogen and oxygen atoms in total. The van der Waals surface area contributed by atoms with Crippen LogP contribution in [0.4, 0.5) is 4.39 Å². The van der Waals surface area contributed by atoms with E-state index in [4.69, 9.17) is 4.98 Å². The Bertz CT molecular complexity index is 1040. The molecule has 0 amide bonds. The molecule has 2 heterocycles. The third-order valence-corrected chi connectivity index (χ3v) is 5.32. The van der Waals surface area contributed by atoms with E-state index in [9.17, 15) is 9.50 Å². The topological polar surface area (TPSA) is 55.9 Å². The zero-order chi connectivity index (χ0) is 18.1. The molecule has 1 N–H and O–H groups in total. The standard InChI is InChI=1S/C19H17FN4OS/c1-23-16-6-7-17(25)15(10-24-9-8-21-12-24)19(16)22-18(23)11-26-14-4-2-13(20)3-5-14/h2-9,12,25H,10-11H2,1H3. The first kappa shape index (κ1) is 16.7. The van der Waals surface area contributed by atoms with E-state index in [1.165, 1.54) is 12.1 Å². The van der Waals surface area contributed by atoms with E-state index in [2.05, 4.69) is 4.98 Å². The Morgan fingerprint density at radius 2 is 1.96 bits per heavy atom. The monoisotopic (exact) mass is 368 g/mol. The van der Waals surface area contributed by atoms with Crippen LogP contribution in [-0.4, -0.2) is 24.2 Å². The van der Waals surface area contributed by atoms with Crippen molar-refractivity contribution in [2.24, 2.45) is 7.05 Å². The highest BCUT2D eigenvalue weighted by atomic mass is 32.2. The predicted molar refractivity (Wildman–Crippen MR) is 99.7 cm³/mol. The van der Waals surface area contributed by atoms with Gasteiger partial charge >= 0.3 is 0 Å². The van der Waals surface area contributed by atoms with Gasteiger partial charge in [-0.15, -0.1) is 11.8 Å². The van der Waals surface area contributed by atoms with Crippen molar-refractivity contribution in [3.8, 4) is 5.75 Å². The molecule has 2 aromatic heterocycles. The maximum atomic E-state index is 13.0. The summed E-state index contributed by atoms with van der Waals surface area (Å²) in [5.41, 5.74) is 2.53. The fourth-order valence-corrected chi connectivity index (χ4v) is 3.76. The average Bonchev–Trinajstić information content (AvgIpc) is 3.25. The van der Waals surface area contributed by atoms with Crippen LogP contribution < -0.4 is 0 Å². The summed E-state index contributed by atoms with van der Waals surface area (Å²) in [4.78, 5) is 9.79. The number of imidazole rings is 2. The summed E-state index contributed by atoms with van der Waals surface area (Å²) in [5, 5.41) is 10.3. The van der Waals surface area contributed by atoms with E-state index >= 15 is 0 Å². The normalized spacial score (nSPS) is 11.3. The minimum Gasteiger partial charge on any atom is -0.508 e. The summed E-state index contributed by atoms with van der Waals surface area (Å²) < 4.78 is 17.0. The highest BCUT2D eigenvalue weighted by Crippen LogP contribution is 2.30. The molecular weight excluding hydrogens is 351 g/mol. The smallest absolute Gasteiger partial charge is 0.123 e. The molecular formula is C19H17FN4OS. The number of halogens is 1. The minimum atomic E-state index is -0.239. The Morgan fingerprint density at radius 1 is 1.15 bits per heavy atom. The Balaban J connectivity index is 1.66. The SMILES string of the molecule is Cn1c(CSc2ccc(F)cc2)nc2c(Cn3ccnc3)c(O)ccc21. The van der Waals surface area contributed by atoms with Crippen LogP contribution in [0.15, 0.2) is 60.0 Å². The van der Waals surface area contributed by atoms with Crippen molar-refractivity contribution in [2.75, 3.05) is 0 Å². The van der Waals surface area contributed by atoms with Gasteiger partial charge in [0.2, 0.25) is 0 Å². The summed E-state index contributed by atoms with van der Waals surface area (Å²) in [7, 11) is 1.97. The van der Waals surface area contributed by atoms with Crippen LogP contribution in [0.1, 0.15) is 11.4 Å². The maximum absolute atomic E-state index is 13.0. The minimum absolute atomic E-state index is 0.224. The van der Waals surface area contributed by atoms with Crippen molar-refractivity contribution in [2.45, 2.75) is 17.2 Å². The molecule has 0 radical (unpaired) electrons. The Kier molecular flexibility index (Phi) is 4.38. The Hall–Kier alpha value is -2.80. The molecule has 4 rings (SSSR count). The van der Waals surface area contributed by atoms with Gasteiger partial charge in [0.05, 0.1) is 29.7 Å². The number of thioether (sulfide) groups is 1. The molecule has 0 aliphatic rings. The number of phenols is 1. The number of fused-ring (bicyclic) bond motifs is 1. The lowest BCUT2D eigenvalue weighted by molar-refractivity contribution is 0.467. The molecule has 0 aliphatic carbocycles. The van der Waals surface area contributed by atoms with Gasteiger partial charge in [-0.1, -0.05) is 0 Å². The lowest BCUT2D eigenvalue weighted by Crippen LogP contribution is -1.98. The fourth-order valence-electron chi connectivity index (χ4n) is 2.88. The number of nitrogens with zero attached hydrogens (tertiary/aromatic N) is 4. The first-order chi connectivity index (χ1) is 12.6. The van der Waals surface area contributed by atoms with Gasteiger partial charge in [-0.25, -0.2) is 14.4 Å². The number of hydrogen-bond acceptors (Lipinski definition) is 4. The molecule has 0 bridgehead atoms. The second-order valence-electron chi connectivity index (χ2n) is 6.00. The van der Waals surface area contributed by atoms with E-state index in [0.29, 0.717) is 12.3 Å². The summed E-state index contributed by atoms with van der Waals surface area (Å²) in [6.07, 6.45) is 5.28. The molecule has 0 unspecified atom stereocenters. The van der Waals surface area contributed by atoms with Crippen LogP contribution in [0.5, 0.6) is 5.75 Å². The van der Waals surface area contributed by atoms with Gasteiger partial charge in [0.1, 0.15) is 17.4 Å². The Morgan fingerprint density at radius 3 is 2.69 bits per heavy atom. The quantitative estimate of drug-likeness (QED) is 0.542. The van der Waals surface area contributed by atoms with Gasteiger partial charge in [0.15, 0.2) is 0 Å². The van der Waals surface area contributed by atoms with Gasteiger partial charge in [-0.2, -0.15) is 0 Å². The van der Waals surface area contributed by atoms with Crippen LogP contribution in [-0.2, 0) is 19.3 Å². The van der Waals surface area contributed by atoms with Gasteiger partial charge in [-0.3, -0.25) is 0 Å². The zero-order valence-corrected chi connectivity index (χ0v) is 14.9. The lowest BCUT2D eigenvalue weighted by atomic mass is 10.1. The fraction of sp³-hybridized carbons (Fsp3) is 0.158. The summed E-state index contributed by atoms with van der Waals surface area (Å²) in [6, 6.07) is 10.0. The summed E-state index contributed by atoms with van der Waals surface area (Å²) in [5.74, 6) is 1.53. The van der Waals surface area contributed by atoms with E-state index in [1.807, 2.05) is 28.4 Å². The van der Waals surface area contributed by atoms with E-state index in [0.717, 1.165) is 27.3 Å². The van der Waals surface area contributed by atoms with Crippen LogP contribution in [0.2, 0.25) is 0 Å². The van der Waals surface area contributed by atoms with Gasteiger partial charge in [-0.05, 0) is 36.4 Å². The molecule has 0 spiro atoms. The number of rotatable bonds is 5. The van der Waals surface area contributed by atoms with E-state index in [-0.39, 0.29) is 11.6 Å². The third-order valence-electron chi connectivity index (χ3n) is 4.31. The summed E-state index contributed by atoms with van der Waals surface area (Å²) >= 11 is 1.60. The number of phenolic OH excluding ortho intramolecular Hbond substituents is 1. The molecule has 2 aromatic carbocycles. The van der Waals surface area contributed by atoms with Crippen LogP contribution in [0.25, 0.3) is 11.0 Å². The molecule has 4 aromatic rings. The summed E-state index contributed by atoms with van der Waals surface area (Å²) in [6.45, 7) is 0.505. The van der Waals surface area contributed by atoms with Gasteiger partial charge in [0.25, 0.3) is 0 Å². The van der Waals surface area contributed by atoms with Crippen molar-refractivity contribution in [3.05, 3.63) is 72.3 Å². The highest BCUT2D eigenvalue weighted by molar-refractivity contribution is 7.98. The predicted octanol–water partition coefficient (Wildman–Crippen LogP) is 3.96. The zero-order valence-electron chi connectivity index (χ0n) is 14.1. The van der Waals surface area contributed by atoms with Crippen molar-refractivity contribution >= 4 is 22.8 Å². The molecule has 0 fully saturated rings. The number of aromatic nitrogens is 4. The second-order valence-corrected chi connectivity index (χ2v) is 7.04. The van der Waals surface area contributed by atoms with Crippen LogP contribution >= 0.6 is 11.8 Å². The number of hydrogen-bond donors (Lipinski definition) is 1. The number of aryl methyl sites for hydroxylation is 1. The van der Waals surface area contributed by atoms with Crippen molar-refractivity contribution < 1.29 is 9.50 Å². The van der Waals surface area contributed by atoms with Crippen molar-refractivity contribution in [1.29, 1.82) is 0 Å². The molecule has 0 atom stereocenters. The maximum Gasteiger partial charge on any atom is 0.123 e. The first-order valence-electron chi connectivity index (χ1n) is 8.12.